The van der Waals surface area contributed by atoms with Gasteiger partial charge in [0.25, 0.3) is 0 Å². The van der Waals surface area contributed by atoms with Crippen LogP contribution >= 0.6 is 11.8 Å². The number of rotatable bonds is 7. The predicted molar refractivity (Wildman–Crippen MR) is 93.5 cm³/mol. The van der Waals surface area contributed by atoms with Gasteiger partial charge in [-0.3, -0.25) is 4.79 Å². The molecule has 23 heavy (non-hydrogen) atoms. The first-order chi connectivity index (χ1) is 11.1. The van der Waals surface area contributed by atoms with E-state index < -0.39 is 0 Å². The third-order valence-corrected chi connectivity index (χ3v) is 4.20. The highest BCUT2D eigenvalue weighted by atomic mass is 32.2. The number of aryl methyl sites for hydroxylation is 1. The van der Waals surface area contributed by atoms with Crippen molar-refractivity contribution in [3.05, 3.63) is 59.4 Å². The van der Waals surface area contributed by atoms with E-state index in [1.54, 1.807) is 19.1 Å². The fourth-order valence-electron chi connectivity index (χ4n) is 2.04. The van der Waals surface area contributed by atoms with Gasteiger partial charge in [0.05, 0.1) is 12.4 Å². The molecule has 0 atom stereocenters. The maximum atomic E-state index is 13.4. The number of carbonyl (C=O) groups is 1. The molecule has 5 heteroatoms. The average Bonchev–Trinajstić information content (AvgIpc) is 2.53. The summed E-state index contributed by atoms with van der Waals surface area (Å²) >= 11 is 1.50. The van der Waals surface area contributed by atoms with E-state index >= 15 is 0 Å². The lowest BCUT2D eigenvalue weighted by atomic mass is 10.2. The normalized spacial score (nSPS) is 10.4. The van der Waals surface area contributed by atoms with E-state index in [9.17, 15) is 9.18 Å². The molecule has 0 radical (unpaired) electrons. The fraction of sp³-hybridized carbons (Fsp3) is 0.278. The van der Waals surface area contributed by atoms with E-state index in [0.717, 1.165) is 11.3 Å². The van der Waals surface area contributed by atoms with Gasteiger partial charge in [0, 0.05) is 17.0 Å². The maximum Gasteiger partial charge on any atom is 0.234 e. The van der Waals surface area contributed by atoms with Gasteiger partial charge in [-0.05, 0) is 37.6 Å². The Labute approximate surface area is 140 Å². The summed E-state index contributed by atoms with van der Waals surface area (Å²) < 4.78 is 19.0. The summed E-state index contributed by atoms with van der Waals surface area (Å²) in [5, 5.41) is 2.70. The molecule has 2 aromatic rings. The summed E-state index contributed by atoms with van der Waals surface area (Å²) in [7, 11) is 0. The van der Waals surface area contributed by atoms with Crippen LogP contribution in [0.15, 0.2) is 42.5 Å². The lowest BCUT2D eigenvalue weighted by Gasteiger charge is -2.10. The number of nitrogens with one attached hydrogen (secondary N) is 1. The largest absolute Gasteiger partial charge is 0.494 e. The molecule has 0 aliphatic rings. The molecule has 0 fully saturated rings. The minimum absolute atomic E-state index is 0.146. The number of carbonyl (C=O) groups excluding carboxylic acids is 1. The molecule has 0 saturated carbocycles. The second-order valence-corrected chi connectivity index (χ2v) is 6.03. The summed E-state index contributed by atoms with van der Waals surface area (Å²) in [5.74, 6) is 1.37. The van der Waals surface area contributed by atoms with Gasteiger partial charge >= 0.3 is 0 Å². The highest BCUT2D eigenvalue weighted by molar-refractivity contribution is 7.99. The van der Waals surface area contributed by atoms with Crippen LogP contribution in [-0.2, 0) is 10.5 Å². The Hall–Kier alpha value is -2.01. The first-order valence-corrected chi connectivity index (χ1v) is 8.60. The summed E-state index contributed by atoms with van der Waals surface area (Å²) in [6.07, 6.45) is 0. The molecule has 1 N–H and O–H groups in total. The molecule has 0 aromatic heterocycles. The molecule has 0 saturated heterocycles. The average molecular weight is 333 g/mol. The van der Waals surface area contributed by atoms with Crippen LogP contribution in [0.4, 0.5) is 10.1 Å². The molecule has 0 aliphatic carbocycles. The van der Waals surface area contributed by atoms with Crippen LogP contribution in [0.1, 0.15) is 18.1 Å². The summed E-state index contributed by atoms with van der Waals surface area (Å²) in [6, 6.07) is 12.5. The van der Waals surface area contributed by atoms with Gasteiger partial charge in [-0.1, -0.05) is 24.3 Å². The predicted octanol–water partition coefficient (Wildman–Crippen LogP) is 4.40. The van der Waals surface area contributed by atoms with E-state index in [-0.39, 0.29) is 11.7 Å². The van der Waals surface area contributed by atoms with Gasteiger partial charge in [0.2, 0.25) is 5.91 Å². The standard InChI is InChI=1S/C18H20FNO2S/c1-3-22-17-7-5-4-6-14(17)11-23-12-18(21)20-15-9-8-13(2)16(19)10-15/h4-10H,3,11-12H2,1-2H3,(H,20,21). The van der Waals surface area contributed by atoms with E-state index in [0.29, 0.717) is 29.4 Å². The zero-order valence-electron chi connectivity index (χ0n) is 13.3. The number of anilines is 1. The third kappa shape index (κ3) is 5.28. The number of hydrogen-bond acceptors (Lipinski definition) is 3. The Morgan fingerprint density at radius 1 is 1.26 bits per heavy atom. The molecule has 122 valence electrons. The molecule has 0 spiro atoms. The highest BCUT2D eigenvalue weighted by Gasteiger charge is 2.07. The number of ether oxygens (including phenoxy) is 1. The van der Waals surface area contributed by atoms with Crippen LogP contribution in [0.3, 0.4) is 0 Å². The number of thioether (sulfide) groups is 1. The zero-order valence-corrected chi connectivity index (χ0v) is 14.1. The number of amides is 1. The van der Waals surface area contributed by atoms with Crippen molar-refractivity contribution >= 4 is 23.4 Å². The Kier molecular flexibility index (Phi) is 6.47. The number of hydrogen-bond donors (Lipinski definition) is 1. The third-order valence-electron chi connectivity index (χ3n) is 3.22. The molecule has 1 amide bonds. The van der Waals surface area contributed by atoms with Gasteiger partial charge in [0.1, 0.15) is 11.6 Å². The van der Waals surface area contributed by atoms with Crippen molar-refractivity contribution in [3.8, 4) is 5.75 Å². The SMILES string of the molecule is CCOc1ccccc1CSCC(=O)Nc1ccc(C)c(F)c1. The molecule has 0 aliphatic heterocycles. The molecule has 0 heterocycles. The van der Waals surface area contributed by atoms with E-state index in [1.807, 2.05) is 31.2 Å². The zero-order chi connectivity index (χ0) is 16.7. The van der Waals surface area contributed by atoms with Crippen molar-refractivity contribution in [2.45, 2.75) is 19.6 Å². The minimum atomic E-state index is -0.318. The molecule has 2 rings (SSSR count). The van der Waals surface area contributed by atoms with Crippen LogP contribution in [0.2, 0.25) is 0 Å². The first kappa shape index (κ1) is 17.3. The van der Waals surface area contributed by atoms with Crippen molar-refractivity contribution in [3.63, 3.8) is 0 Å². The Morgan fingerprint density at radius 2 is 2.04 bits per heavy atom. The maximum absolute atomic E-state index is 13.4. The van der Waals surface area contributed by atoms with Crippen LogP contribution in [0.25, 0.3) is 0 Å². The second-order valence-electron chi connectivity index (χ2n) is 5.05. The van der Waals surface area contributed by atoms with Gasteiger partial charge < -0.3 is 10.1 Å². The summed E-state index contributed by atoms with van der Waals surface area (Å²) in [6.45, 7) is 4.24. The molecule has 2 aromatic carbocycles. The van der Waals surface area contributed by atoms with E-state index in [1.165, 1.54) is 17.8 Å². The molecular formula is C18H20FNO2S. The van der Waals surface area contributed by atoms with Gasteiger partial charge in [-0.2, -0.15) is 0 Å². The molecule has 0 bridgehead atoms. The minimum Gasteiger partial charge on any atom is -0.494 e. The number of benzene rings is 2. The lowest BCUT2D eigenvalue weighted by molar-refractivity contribution is -0.113. The van der Waals surface area contributed by atoms with Crippen LogP contribution in [0.5, 0.6) is 5.75 Å². The van der Waals surface area contributed by atoms with Crippen LogP contribution < -0.4 is 10.1 Å². The van der Waals surface area contributed by atoms with Crippen LogP contribution in [-0.4, -0.2) is 18.3 Å². The Morgan fingerprint density at radius 3 is 2.78 bits per heavy atom. The summed E-state index contributed by atoms with van der Waals surface area (Å²) in [5.41, 5.74) is 2.10. The van der Waals surface area contributed by atoms with E-state index in [2.05, 4.69) is 5.32 Å². The Bertz CT molecular complexity index is 676. The van der Waals surface area contributed by atoms with Crippen molar-refractivity contribution in [2.24, 2.45) is 0 Å². The smallest absolute Gasteiger partial charge is 0.234 e. The first-order valence-electron chi connectivity index (χ1n) is 7.44. The number of para-hydroxylation sites is 1. The van der Waals surface area contributed by atoms with Gasteiger partial charge in [-0.15, -0.1) is 11.8 Å². The monoisotopic (exact) mass is 333 g/mol. The molecule has 0 unspecified atom stereocenters. The highest BCUT2D eigenvalue weighted by Crippen LogP contribution is 2.23. The van der Waals surface area contributed by atoms with Gasteiger partial charge in [0.15, 0.2) is 0 Å². The van der Waals surface area contributed by atoms with Crippen molar-refractivity contribution in [2.75, 3.05) is 17.7 Å². The second kappa shape index (κ2) is 8.58. The summed E-state index contributed by atoms with van der Waals surface area (Å²) in [4.78, 5) is 11.9. The number of halogens is 1. The Balaban J connectivity index is 1.84. The van der Waals surface area contributed by atoms with Crippen LogP contribution in [0, 0.1) is 12.7 Å². The lowest BCUT2D eigenvalue weighted by Crippen LogP contribution is -2.14. The molecular weight excluding hydrogens is 313 g/mol. The van der Waals surface area contributed by atoms with Crippen molar-refractivity contribution in [1.29, 1.82) is 0 Å². The quantitative estimate of drug-likeness (QED) is 0.816. The topological polar surface area (TPSA) is 38.3 Å². The fourth-order valence-corrected chi connectivity index (χ4v) is 2.86. The van der Waals surface area contributed by atoms with Crippen molar-refractivity contribution < 1.29 is 13.9 Å². The van der Waals surface area contributed by atoms with E-state index in [4.69, 9.17) is 4.74 Å². The molecule has 3 nitrogen and oxygen atoms in total. The van der Waals surface area contributed by atoms with Crippen molar-refractivity contribution in [1.82, 2.24) is 0 Å². The van der Waals surface area contributed by atoms with Gasteiger partial charge in [-0.25, -0.2) is 4.39 Å².